The second-order valence-corrected chi connectivity index (χ2v) is 6.57. The zero-order chi connectivity index (χ0) is 11.5. The van der Waals surface area contributed by atoms with E-state index in [1.54, 1.807) is 29.2 Å². The smallest absolute Gasteiger partial charge is 0.147 e. The number of nitrogens with two attached hydrogens (primary N) is 1. The first kappa shape index (κ1) is 12.0. The maximum atomic E-state index is 13.2. The van der Waals surface area contributed by atoms with Crippen molar-refractivity contribution in [3.8, 4) is 0 Å². The highest BCUT2D eigenvalue weighted by Gasteiger charge is 2.02. The number of thiophene rings is 1. The summed E-state index contributed by atoms with van der Waals surface area (Å²) in [6, 6.07) is 6.98. The second-order valence-electron chi connectivity index (χ2n) is 3.23. The largest absolute Gasteiger partial charge is 0.396 e. The van der Waals surface area contributed by atoms with Crippen LogP contribution in [0.15, 0.2) is 38.3 Å². The summed E-state index contributed by atoms with van der Waals surface area (Å²) in [4.78, 5) is 0.897. The van der Waals surface area contributed by atoms with Crippen molar-refractivity contribution in [3.63, 3.8) is 0 Å². The average Bonchev–Trinajstić information content (AvgIpc) is 2.66. The molecule has 0 unspecified atom stereocenters. The molecule has 0 atom stereocenters. The number of rotatable bonds is 3. The molecule has 16 heavy (non-hydrogen) atoms. The predicted molar refractivity (Wildman–Crippen MR) is 72.4 cm³/mol. The summed E-state index contributed by atoms with van der Waals surface area (Å²) in [5.74, 6) is 0.488. The number of hydrogen-bond donors (Lipinski definition) is 1. The van der Waals surface area contributed by atoms with Gasteiger partial charge >= 0.3 is 0 Å². The van der Waals surface area contributed by atoms with E-state index in [-0.39, 0.29) is 11.5 Å². The van der Waals surface area contributed by atoms with Crippen LogP contribution in [0.5, 0.6) is 0 Å². The fourth-order valence-corrected chi connectivity index (χ4v) is 3.35. The van der Waals surface area contributed by atoms with Gasteiger partial charge in [-0.1, -0.05) is 0 Å². The van der Waals surface area contributed by atoms with E-state index in [1.165, 1.54) is 11.6 Å². The van der Waals surface area contributed by atoms with Crippen LogP contribution < -0.4 is 5.73 Å². The standard InChI is InChI=1S/C11H9BrFNS2/c12-11-3-7(6-16-11)5-15-8-1-2-10(14)9(13)4-8/h1-4,6H,5,14H2. The molecule has 5 heteroatoms. The quantitative estimate of drug-likeness (QED) is 0.665. The first-order valence-corrected chi connectivity index (χ1v) is 7.22. The normalized spacial score (nSPS) is 10.6. The molecule has 0 spiro atoms. The van der Waals surface area contributed by atoms with Crippen molar-refractivity contribution in [3.05, 3.63) is 44.8 Å². The lowest BCUT2D eigenvalue weighted by Crippen LogP contribution is -1.89. The SMILES string of the molecule is Nc1ccc(SCc2csc(Br)c2)cc1F. The van der Waals surface area contributed by atoms with Crippen LogP contribution >= 0.6 is 39.0 Å². The Morgan fingerprint density at radius 1 is 1.38 bits per heavy atom. The Labute approximate surface area is 110 Å². The average molecular weight is 318 g/mol. The Bertz CT molecular complexity index is 498. The van der Waals surface area contributed by atoms with Gasteiger partial charge in [-0.05, 0) is 51.1 Å². The summed E-state index contributed by atoms with van der Waals surface area (Å²) in [6.45, 7) is 0. The van der Waals surface area contributed by atoms with E-state index in [1.807, 2.05) is 6.07 Å². The molecule has 1 aromatic heterocycles. The fourth-order valence-electron chi connectivity index (χ4n) is 1.19. The van der Waals surface area contributed by atoms with Gasteiger partial charge in [0.05, 0.1) is 9.47 Å². The van der Waals surface area contributed by atoms with Gasteiger partial charge in [0.1, 0.15) is 5.82 Å². The third-order valence-corrected chi connectivity index (χ3v) is 4.62. The van der Waals surface area contributed by atoms with Crippen LogP contribution in [0.1, 0.15) is 5.56 Å². The van der Waals surface area contributed by atoms with Crippen LogP contribution in [0.4, 0.5) is 10.1 Å². The van der Waals surface area contributed by atoms with Gasteiger partial charge in [0.2, 0.25) is 0 Å². The first-order chi connectivity index (χ1) is 7.65. The summed E-state index contributed by atoms with van der Waals surface area (Å²) in [7, 11) is 0. The maximum absolute atomic E-state index is 13.2. The summed E-state index contributed by atoms with van der Waals surface area (Å²) in [5.41, 5.74) is 6.84. The number of thioether (sulfide) groups is 1. The third kappa shape index (κ3) is 2.99. The van der Waals surface area contributed by atoms with E-state index in [4.69, 9.17) is 5.73 Å². The topological polar surface area (TPSA) is 26.0 Å². The lowest BCUT2D eigenvalue weighted by molar-refractivity contribution is 0.629. The Hall–Kier alpha value is -0.520. The van der Waals surface area contributed by atoms with E-state index in [0.29, 0.717) is 0 Å². The molecule has 0 aliphatic rings. The minimum atomic E-state index is -0.350. The molecule has 1 aromatic carbocycles. The lowest BCUT2D eigenvalue weighted by atomic mass is 10.3. The molecule has 0 aliphatic carbocycles. The van der Waals surface area contributed by atoms with Crippen molar-refractivity contribution in [1.82, 2.24) is 0 Å². The van der Waals surface area contributed by atoms with Gasteiger partial charge in [0.15, 0.2) is 0 Å². The Kier molecular flexibility index (Phi) is 3.89. The zero-order valence-corrected chi connectivity index (χ0v) is 11.5. The summed E-state index contributed by atoms with van der Waals surface area (Å²) in [6.07, 6.45) is 0. The van der Waals surface area contributed by atoms with Crippen LogP contribution in [0.2, 0.25) is 0 Å². The molecule has 84 valence electrons. The van der Waals surface area contributed by atoms with E-state index >= 15 is 0 Å². The molecule has 1 nitrogen and oxygen atoms in total. The molecule has 2 aromatic rings. The number of halogens is 2. The molecular weight excluding hydrogens is 309 g/mol. The Morgan fingerprint density at radius 3 is 2.81 bits per heavy atom. The number of hydrogen-bond acceptors (Lipinski definition) is 3. The minimum absolute atomic E-state index is 0.197. The molecule has 0 aliphatic heterocycles. The van der Waals surface area contributed by atoms with Gasteiger partial charge in [-0.15, -0.1) is 23.1 Å². The van der Waals surface area contributed by atoms with Crippen molar-refractivity contribution in [2.75, 3.05) is 5.73 Å². The van der Waals surface area contributed by atoms with E-state index in [2.05, 4.69) is 27.4 Å². The van der Waals surface area contributed by atoms with Crippen molar-refractivity contribution in [2.24, 2.45) is 0 Å². The minimum Gasteiger partial charge on any atom is -0.396 e. The number of anilines is 1. The highest BCUT2D eigenvalue weighted by Crippen LogP contribution is 2.28. The third-order valence-electron chi connectivity index (χ3n) is 2.00. The van der Waals surface area contributed by atoms with Crippen LogP contribution in [-0.2, 0) is 5.75 Å². The summed E-state index contributed by atoms with van der Waals surface area (Å²) in [5, 5.41) is 2.09. The van der Waals surface area contributed by atoms with Crippen LogP contribution in [0.3, 0.4) is 0 Å². The monoisotopic (exact) mass is 317 g/mol. The highest BCUT2D eigenvalue weighted by molar-refractivity contribution is 9.11. The van der Waals surface area contributed by atoms with Crippen LogP contribution in [-0.4, -0.2) is 0 Å². The molecule has 1 heterocycles. The van der Waals surface area contributed by atoms with Gasteiger partial charge in [0, 0.05) is 10.6 Å². The zero-order valence-electron chi connectivity index (χ0n) is 8.24. The maximum Gasteiger partial charge on any atom is 0.147 e. The van der Waals surface area contributed by atoms with Crippen LogP contribution in [0.25, 0.3) is 0 Å². The summed E-state index contributed by atoms with van der Waals surface area (Å²) < 4.78 is 14.3. The van der Waals surface area contributed by atoms with E-state index < -0.39 is 0 Å². The fraction of sp³-hybridized carbons (Fsp3) is 0.0909. The van der Waals surface area contributed by atoms with Gasteiger partial charge in [-0.3, -0.25) is 0 Å². The molecule has 0 saturated carbocycles. The Balaban J connectivity index is 2.02. The van der Waals surface area contributed by atoms with Crippen molar-refractivity contribution < 1.29 is 4.39 Å². The molecular formula is C11H9BrFNS2. The molecule has 0 amide bonds. The molecule has 0 saturated heterocycles. The van der Waals surface area contributed by atoms with Gasteiger partial charge in [-0.25, -0.2) is 4.39 Å². The van der Waals surface area contributed by atoms with Crippen molar-refractivity contribution in [2.45, 2.75) is 10.6 Å². The second kappa shape index (κ2) is 5.21. The van der Waals surface area contributed by atoms with Gasteiger partial charge in [0.25, 0.3) is 0 Å². The van der Waals surface area contributed by atoms with Gasteiger partial charge < -0.3 is 5.73 Å². The van der Waals surface area contributed by atoms with E-state index in [0.717, 1.165) is 14.4 Å². The summed E-state index contributed by atoms with van der Waals surface area (Å²) >= 11 is 6.67. The highest BCUT2D eigenvalue weighted by atomic mass is 79.9. The molecule has 0 fully saturated rings. The molecule has 0 radical (unpaired) electrons. The van der Waals surface area contributed by atoms with Crippen molar-refractivity contribution in [1.29, 1.82) is 0 Å². The molecule has 2 N–H and O–H groups in total. The first-order valence-electron chi connectivity index (χ1n) is 4.56. The van der Waals surface area contributed by atoms with E-state index in [9.17, 15) is 4.39 Å². The molecule has 2 rings (SSSR count). The Morgan fingerprint density at radius 2 is 2.19 bits per heavy atom. The predicted octanol–water partition coefficient (Wildman–Crippen LogP) is 4.52. The number of nitrogen functional groups attached to an aromatic ring is 1. The number of benzene rings is 1. The van der Waals surface area contributed by atoms with Crippen molar-refractivity contribution >= 4 is 44.7 Å². The molecule has 0 bridgehead atoms. The van der Waals surface area contributed by atoms with Crippen LogP contribution in [0, 0.1) is 5.82 Å². The van der Waals surface area contributed by atoms with Gasteiger partial charge in [-0.2, -0.15) is 0 Å². The lowest BCUT2D eigenvalue weighted by Gasteiger charge is -2.01.